The van der Waals surface area contributed by atoms with E-state index in [1.54, 1.807) is 17.2 Å². The van der Waals surface area contributed by atoms with Crippen LogP contribution in [0.3, 0.4) is 0 Å². The highest BCUT2D eigenvalue weighted by molar-refractivity contribution is 7.80. The molecule has 0 bridgehead atoms. The first-order chi connectivity index (χ1) is 9.58. The molecule has 0 aromatic carbocycles. The third kappa shape index (κ3) is 2.06. The van der Waals surface area contributed by atoms with Gasteiger partial charge in [0.15, 0.2) is 5.76 Å². The Kier molecular flexibility index (Phi) is 3.17. The number of aromatic nitrogens is 2. The second-order valence-electron chi connectivity index (χ2n) is 4.90. The fraction of sp³-hybridized carbons (Fsp3) is 0.286. The fourth-order valence-electron chi connectivity index (χ4n) is 2.27. The number of nitrogens with one attached hydrogen (secondary N) is 1. The molecule has 1 aliphatic rings. The van der Waals surface area contributed by atoms with E-state index in [-0.39, 0.29) is 11.9 Å². The molecule has 3 rings (SSSR count). The predicted octanol–water partition coefficient (Wildman–Crippen LogP) is 2.38. The summed E-state index contributed by atoms with van der Waals surface area (Å²) in [5.74, 6) is 0.168. The van der Waals surface area contributed by atoms with E-state index in [0.29, 0.717) is 5.76 Å². The minimum Gasteiger partial charge on any atom is -0.455 e. The van der Waals surface area contributed by atoms with Gasteiger partial charge in [0, 0.05) is 29.4 Å². The van der Waals surface area contributed by atoms with Crippen molar-refractivity contribution in [2.24, 2.45) is 0 Å². The second-order valence-corrected chi connectivity index (χ2v) is 5.34. The number of nitrogens with zero attached hydrogens (tertiary/aromatic N) is 2. The Bertz CT molecular complexity index is 693. The number of thiol groups is 1. The lowest BCUT2D eigenvalue weighted by molar-refractivity contribution is -0.126. The number of hydrogen-bond acceptors (Lipinski definition) is 4. The SMILES string of the molecule is CC(C)N1C(=O)/C(=C/c2c[nH]c3ncccc23)OC1S. The zero-order valence-corrected chi connectivity index (χ0v) is 12.1. The molecule has 0 aliphatic carbocycles. The number of carbonyl (C=O) groups is 1. The standard InChI is InChI=1S/C14H15N3O2S/c1-8(2)17-13(18)11(19-14(17)20)6-9-7-16-12-10(9)4-3-5-15-12/h3-8,14,20H,1-2H3,(H,15,16)/b11-6-. The molecule has 5 nitrogen and oxygen atoms in total. The summed E-state index contributed by atoms with van der Waals surface area (Å²) < 4.78 is 5.54. The van der Waals surface area contributed by atoms with Crippen molar-refractivity contribution in [3.05, 3.63) is 35.8 Å². The van der Waals surface area contributed by atoms with Gasteiger partial charge in [-0.25, -0.2) is 4.98 Å². The van der Waals surface area contributed by atoms with E-state index in [2.05, 4.69) is 22.6 Å². The number of fused-ring (bicyclic) bond motifs is 1. The van der Waals surface area contributed by atoms with E-state index in [9.17, 15) is 4.79 Å². The summed E-state index contributed by atoms with van der Waals surface area (Å²) in [4.78, 5) is 21.2. The molecule has 1 atom stereocenters. The molecule has 1 saturated heterocycles. The highest BCUT2D eigenvalue weighted by Crippen LogP contribution is 2.28. The molecule has 6 heteroatoms. The Morgan fingerprint density at radius 1 is 1.55 bits per heavy atom. The topological polar surface area (TPSA) is 58.2 Å². The number of amides is 1. The maximum Gasteiger partial charge on any atom is 0.292 e. The smallest absolute Gasteiger partial charge is 0.292 e. The van der Waals surface area contributed by atoms with Crippen molar-refractivity contribution in [1.29, 1.82) is 0 Å². The van der Waals surface area contributed by atoms with E-state index in [1.807, 2.05) is 32.2 Å². The zero-order valence-electron chi connectivity index (χ0n) is 11.2. The van der Waals surface area contributed by atoms with Crippen LogP contribution in [0, 0.1) is 0 Å². The summed E-state index contributed by atoms with van der Waals surface area (Å²) in [6.07, 6.45) is 5.26. The van der Waals surface area contributed by atoms with Gasteiger partial charge in [0.25, 0.3) is 5.91 Å². The molecule has 0 spiro atoms. The molecular formula is C14H15N3O2S. The Balaban J connectivity index is 1.99. The van der Waals surface area contributed by atoms with Crippen LogP contribution in [0.15, 0.2) is 30.3 Å². The van der Waals surface area contributed by atoms with Crippen molar-refractivity contribution < 1.29 is 9.53 Å². The van der Waals surface area contributed by atoms with Crippen molar-refractivity contribution in [3.8, 4) is 0 Å². The first kappa shape index (κ1) is 13.1. The van der Waals surface area contributed by atoms with Crippen LogP contribution < -0.4 is 0 Å². The van der Waals surface area contributed by atoms with Crippen molar-refractivity contribution in [1.82, 2.24) is 14.9 Å². The van der Waals surface area contributed by atoms with E-state index >= 15 is 0 Å². The quantitative estimate of drug-likeness (QED) is 0.659. The molecular weight excluding hydrogens is 274 g/mol. The highest BCUT2D eigenvalue weighted by atomic mass is 32.1. The maximum atomic E-state index is 12.3. The Labute approximate surface area is 122 Å². The van der Waals surface area contributed by atoms with Crippen LogP contribution >= 0.6 is 12.6 Å². The minimum atomic E-state index is -0.530. The monoisotopic (exact) mass is 289 g/mol. The largest absolute Gasteiger partial charge is 0.455 e. The summed E-state index contributed by atoms with van der Waals surface area (Å²) in [6.45, 7) is 3.87. The van der Waals surface area contributed by atoms with Gasteiger partial charge in [-0.15, -0.1) is 12.6 Å². The number of H-pyrrole nitrogens is 1. The average molecular weight is 289 g/mol. The predicted molar refractivity (Wildman–Crippen MR) is 79.9 cm³/mol. The Morgan fingerprint density at radius 2 is 2.35 bits per heavy atom. The molecule has 1 N–H and O–H groups in total. The third-order valence-corrected chi connectivity index (χ3v) is 3.60. The number of carbonyl (C=O) groups excluding carboxylic acids is 1. The summed E-state index contributed by atoms with van der Waals surface area (Å²) in [6, 6.07) is 3.85. The van der Waals surface area contributed by atoms with Crippen LogP contribution in [0.2, 0.25) is 0 Å². The number of ether oxygens (including phenoxy) is 1. The minimum absolute atomic E-state index is 0.0422. The summed E-state index contributed by atoms with van der Waals surface area (Å²) in [5.41, 5.74) is 1.13. The van der Waals surface area contributed by atoms with Crippen LogP contribution in [0.1, 0.15) is 19.4 Å². The molecule has 3 heterocycles. The average Bonchev–Trinajstić information content (AvgIpc) is 2.93. The fourth-order valence-corrected chi connectivity index (χ4v) is 2.76. The number of hydrogen-bond donors (Lipinski definition) is 2. The van der Waals surface area contributed by atoms with E-state index in [0.717, 1.165) is 16.6 Å². The van der Waals surface area contributed by atoms with Gasteiger partial charge in [-0.2, -0.15) is 0 Å². The van der Waals surface area contributed by atoms with Gasteiger partial charge in [0.2, 0.25) is 5.56 Å². The van der Waals surface area contributed by atoms with Gasteiger partial charge in [-0.05, 0) is 32.1 Å². The molecule has 0 saturated carbocycles. The van der Waals surface area contributed by atoms with Gasteiger partial charge in [0.05, 0.1) is 0 Å². The van der Waals surface area contributed by atoms with Crippen LogP contribution in [-0.4, -0.2) is 32.4 Å². The summed E-state index contributed by atoms with van der Waals surface area (Å²) in [7, 11) is 0. The number of aromatic amines is 1. The van der Waals surface area contributed by atoms with E-state index in [4.69, 9.17) is 4.74 Å². The first-order valence-electron chi connectivity index (χ1n) is 6.39. The van der Waals surface area contributed by atoms with E-state index < -0.39 is 5.56 Å². The number of pyridine rings is 1. The molecule has 2 aromatic heterocycles. The van der Waals surface area contributed by atoms with E-state index in [1.165, 1.54) is 0 Å². The lowest BCUT2D eigenvalue weighted by atomic mass is 10.2. The second kappa shape index (κ2) is 4.86. The van der Waals surface area contributed by atoms with Crippen molar-refractivity contribution in [2.75, 3.05) is 0 Å². The first-order valence-corrected chi connectivity index (χ1v) is 6.91. The summed E-state index contributed by atoms with van der Waals surface area (Å²) in [5, 5.41) is 0.954. The van der Waals surface area contributed by atoms with Gasteiger partial charge < -0.3 is 9.72 Å². The lowest BCUT2D eigenvalue weighted by Crippen LogP contribution is -2.36. The van der Waals surface area contributed by atoms with Gasteiger partial charge in [0.1, 0.15) is 5.65 Å². The van der Waals surface area contributed by atoms with Crippen LogP contribution in [0.25, 0.3) is 17.1 Å². The molecule has 104 valence electrons. The van der Waals surface area contributed by atoms with Gasteiger partial charge >= 0.3 is 0 Å². The molecule has 2 aromatic rings. The van der Waals surface area contributed by atoms with Crippen molar-refractivity contribution >= 4 is 35.6 Å². The highest BCUT2D eigenvalue weighted by Gasteiger charge is 2.36. The van der Waals surface area contributed by atoms with Crippen molar-refractivity contribution in [2.45, 2.75) is 25.4 Å². The molecule has 1 amide bonds. The Hall–Kier alpha value is -1.95. The maximum absolute atomic E-state index is 12.3. The van der Waals surface area contributed by atoms with Crippen LogP contribution in [0.4, 0.5) is 0 Å². The molecule has 1 fully saturated rings. The summed E-state index contributed by atoms with van der Waals surface area (Å²) >= 11 is 4.29. The van der Waals surface area contributed by atoms with Gasteiger partial charge in [-0.1, -0.05) is 0 Å². The molecule has 20 heavy (non-hydrogen) atoms. The van der Waals surface area contributed by atoms with Crippen molar-refractivity contribution in [3.63, 3.8) is 0 Å². The third-order valence-electron chi connectivity index (χ3n) is 3.24. The zero-order chi connectivity index (χ0) is 14.3. The lowest BCUT2D eigenvalue weighted by Gasteiger charge is -2.21. The molecule has 0 radical (unpaired) electrons. The van der Waals surface area contributed by atoms with Crippen LogP contribution in [0.5, 0.6) is 0 Å². The molecule has 1 unspecified atom stereocenters. The molecule has 1 aliphatic heterocycles. The van der Waals surface area contributed by atoms with Crippen LogP contribution in [-0.2, 0) is 9.53 Å². The Morgan fingerprint density at radius 3 is 3.05 bits per heavy atom. The van der Waals surface area contributed by atoms with Gasteiger partial charge in [-0.3, -0.25) is 9.69 Å². The normalized spacial score (nSPS) is 21.2. The number of rotatable bonds is 2.